The van der Waals surface area contributed by atoms with Gasteiger partial charge in [-0.05, 0) is 42.8 Å². The van der Waals surface area contributed by atoms with E-state index < -0.39 is 21.6 Å². The normalized spacial score (nSPS) is 12.6. The number of H-pyrrole nitrogens is 1. The van der Waals surface area contributed by atoms with Crippen LogP contribution in [0.2, 0.25) is 0 Å². The number of imidazole rings is 1. The molecule has 2 aromatic carbocycles. The Kier molecular flexibility index (Phi) is 6.54. The van der Waals surface area contributed by atoms with Gasteiger partial charge in [-0.3, -0.25) is 9.36 Å². The highest BCUT2D eigenvalue weighted by molar-refractivity contribution is 7.90. The third-order valence-electron chi connectivity index (χ3n) is 5.00. The van der Waals surface area contributed by atoms with Crippen LogP contribution in [0.3, 0.4) is 0 Å². The van der Waals surface area contributed by atoms with Crippen LogP contribution in [0.5, 0.6) is 11.5 Å². The van der Waals surface area contributed by atoms with Gasteiger partial charge in [0.25, 0.3) is 0 Å². The second kappa shape index (κ2) is 8.97. The van der Waals surface area contributed by atoms with Crippen molar-refractivity contribution in [3.63, 3.8) is 0 Å². The summed E-state index contributed by atoms with van der Waals surface area (Å²) in [4.78, 5) is 27.7. The van der Waals surface area contributed by atoms with Crippen LogP contribution in [0, 0.1) is 0 Å². The van der Waals surface area contributed by atoms with Crippen molar-refractivity contribution in [1.29, 1.82) is 0 Å². The first-order valence-electron chi connectivity index (χ1n) is 9.94. The lowest BCUT2D eigenvalue weighted by Crippen LogP contribution is -2.28. The van der Waals surface area contributed by atoms with Crippen molar-refractivity contribution in [3.05, 3.63) is 58.0 Å². The monoisotopic (exact) mass is 446 g/mol. The zero-order valence-corrected chi connectivity index (χ0v) is 18.8. The van der Waals surface area contributed by atoms with E-state index in [0.29, 0.717) is 46.7 Å². The Balaban J connectivity index is 2.21. The molecule has 1 heterocycles. The minimum Gasteiger partial charge on any atom is -0.493 e. The highest BCUT2D eigenvalue weighted by atomic mass is 32.2. The van der Waals surface area contributed by atoms with E-state index in [-0.39, 0.29) is 11.5 Å². The molecule has 0 fully saturated rings. The first-order chi connectivity index (χ1) is 14.7. The molecule has 9 heteroatoms. The van der Waals surface area contributed by atoms with Gasteiger partial charge in [-0.1, -0.05) is 13.0 Å². The molecule has 1 aromatic heterocycles. The number of aromatic amines is 1. The Morgan fingerprint density at radius 3 is 2.48 bits per heavy atom. The van der Waals surface area contributed by atoms with Crippen molar-refractivity contribution in [2.24, 2.45) is 0 Å². The molecule has 3 rings (SSSR count). The summed E-state index contributed by atoms with van der Waals surface area (Å²) in [6, 6.07) is 9.24. The fourth-order valence-corrected chi connectivity index (χ4v) is 4.51. The van der Waals surface area contributed by atoms with Gasteiger partial charge in [0, 0.05) is 18.2 Å². The number of rotatable bonds is 9. The maximum Gasteiger partial charge on any atom is 0.327 e. The van der Waals surface area contributed by atoms with E-state index in [4.69, 9.17) is 9.47 Å². The van der Waals surface area contributed by atoms with Crippen LogP contribution in [0.25, 0.3) is 11.0 Å². The van der Waals surface area contributed by atoms with Crippen LogP contribution in [0.4, 0.5) is 0 Å². The summed E-state index contributed by atoms with van der Waals surface area (Å²) >= 11 is 0. The van der Waals surface area contributed by atoms with Gasteiger partial charge < -0.3 is 14.5 Å². The van der Waals surface area contributed by atoms with Crippen molar-refractivity contribution in [2.45, 2.75) is 26.3 Å². The number of fused-ring (bicyclic) bond motifs is 1. The van der Waals surface area contributed by atoms with Crippen molar-refractivity contribution in [3.8, 4) is 11.5 Å². The predicted molar refractivity (Wildman–Crippen MR) is 119 cm³/mol. The Hall–Kier alpha value is -3.07. The summed E-state index contributed by atoms with van der Waals surface area (Å²) in [7, 11) is -1.93. The Labute approximate surface area is 180 Å². The van der Waals surface area contributed by atoms with Gasteiger partial charge in [0.05, 0.1) is 36.5 Å². The van der Waals surface area contributed by atoms with E-state index in [9.17, 15) is 18.0 Å². The predicted octanol–water partition coefficient (Wildman–Crippen LogP) is 2.96. The molecule has 0 unspecified atom stereocenters. The number of ether oxygens (including phenoxy) is 2. The fourth-order valence-electron chi connectivity index (χ4n) is 3.59. The van der Waals surface area contributed by atoms with Crippen LogP contribution in [0.15, 0.2) is 41.2 Å². The summed E-state index contributed by atoms with van der Waals surface area (Å²) < 4.78 is 36.9. The van der Waals surface area contributed by atoms with Gasteiger partial charge >= 0.3 is 5.69 Å². The minimum atomic E-state index is -3.45. The smallest absolute Gasteiger partial charge is 0.327 e. The lowest BCUT2D eigenvalue weighted by Gasteiger charge is -2.20. The summed E-state index contributed by atoms with van der Waals surface area (Å²) in [5.74, 6) is 0.648. The molecular weight excluding hydrogens is 420 g/mol. The zero-order chi connectivity index (χ0) is 22.8. The van der Waals surface area contributed by atoms with E-state index in [1.807, 2.05) is 6.92 Å². The Bertz CT molecular complexity index is 1270. The molecule has 0 aliphatic heterocycles. The second-order valence-corrected chi connectivity index (χ2v) is 9.45. The van der Waals surface area contributed by atoms with E-state index in [2.05, 4.69) is 4.98 Å². The van der Waals surface area contributed by atoms with Crippen LogP contribution in [-0.4, -0.2) is 49.5 Å². The number of nitrogens with one attached hydrogen (secondary N) is 1. The van der Waals surface area contributed by atoms with Crippen molar-refractivity contribution >= 4 is 26.7 Å². The zero-order valence-electron chi connectivity index (χ0n) is 18.0. The molecule has 1 atom stereocenters. The van der Waals surface area contributed by atoms with Crippen molar-refractivity contribution in [1.82, 2.24) is 9.55 Å². The SMILES string of the molecule is CCOc1cc([C@H](CS(C)(=O)=O)n2c(=O)[nH]c3cc(C(=O)CC)ccc32)ccc1OC. The summed E-state index contributed by atoms with van der Waals surface area (Å²) in [6.45, 7) is 4.00. The van der Waals surface area contributed by atoms with E-state index in [0.717, 1.165) is 6.26 Å². The Morgan fingerprint density at radius 2 is 1.87 bits per heavy atom. The van der Waals surface area contributed by atoms with Gasteiger partial charge in [0.2, 0.25) is 0 Å². The van der Waals surface area contributed by atoms with Crippen molar-refractivity contribution < 1.29 is 22.7 Å². The third-order valence-corrected chi connectivity index (χ3v) is 5.93. The van der Waals surface area contributed by atoms with Gasteiger partial charge in [0.15, 0.2) is 17.3 Å². The molecule has 0 aliphatic rings. The molecule has 1 N–H and O–H groups in total. The largest absolute Gasteiger partial charge is 0.493 e. The van der Waals surface area contributed by atoms with Crippen LogP contribution in [0.1, 0.15) is 42.2 Å². The summed E-state index contributed by atoms with van der Waals surface area (Å²) in [5, 5.41) is 0. The number of carbonyl (C=O) groups excluding carboxylic acids is 1. The molecule has 0 saturated carbocycles. The molecule has 3 aromatic rings. The molecule has 0 aliphatic carbocycles. The van der Waals surface area contributed by atoms with Gasteiger partial charge in [-0.2, -0.15) is 0 Å². The maximum atomic E-state index is 12.9. The molecular formula is C22H26N2O6S. The average Bonchev–Trinajstić information content (AvgIpc) is 3.05. The van der Waals surface area contributed by atoms with Gasteiger partial charge in [-0.15, -0.1) is 0 Å². The number of hydrogen-bond acceptors (Lipinski definition) is 6. The highest BCUT2D eigenvalue weighted by Gasteiger charge is 2.25. The standard InChI is InChI=1S/C22H26N2O6S/c1-5-19(25)15-7-9-17-16(11-15)23-22(26)24(17)18(13-31(4,27)28)14-8-10-20(29-3)21(12-14)30-6-2/h7-12,18H,5-6,13H2,1-4H3,(H,23,26)/t18-/m0/s1. The number of Topliss-reactive ketones (excluding diaryl/α,β-unsaturated/α-hetero) is 1. The first kappa shape index (κ1) is 22.6. The highest BCUT2D eigenvalue weighted by Crippen LogP contribution is 2.33. The van der Waals surface area contributed by atoms with Crippen molar-refractivity contribution in [2.75, 3.05) is 25.7 Å². The number of ketones is 1. The number of methoxy groups -OCH3 is 1. The lowest BCUT2D eigenvalue weighted by atomic mass is 10.1. The van der Waals surface area contributed by atoms with E-state index in [1.165, 1.54) is 11.7 Å². The lowest BCUT2D eigenvalue weighted by molar-refractivity contribution is 0.0988. The Morgan fingerprint density at radius 1 is 1.13 bits per heavy atom. The summed E-state index contributed by atoms with van der Waals surface area (Å²) in [5.41, 5.74) is 1.61. The molecule has 8 nitrogen and oxygen atoms in total. The van der Waals surface area contributed by atoms with E-state index in [1.54, 1.807) is 43.3 Å². The van der Waals surface area contributed by atoms with E-state index >= 15 is 0 Å². The number of aromatic nitrogens is 2. The van der Waals surface area contributed by atoms with Crippen LogP contribution >= 0.6 is 0 Å². The quantitative estimate of drug-likeness (QED) is 0.507. The minimum absolute atomic E-state index is 0.0419. The average molecular weight is 447 g/mol. The number of sulfone groups is 1. The second-order valence-electron chi connectivity index (χ2n) is 7.26. The summed E-state index contributed by atoms with van der Waals surface area (Å²) in [6.07, 6.45) is 1.48. The maximum absolute atomic E-state index is 12.9. The number of benzene rings is 2. The molecule has 0 amide bonds. The molecule has 0 radical (unpaired) electrons. The van der Waals surface area contributed by atoms with Gasteiger partial charge in [0.1, 0.15) is 9.84 Å². The molecule has 31 heavy (non-hydrogen) atoms. The molecule has 0 spiro atoms. The fraction of sp³-hybridized carbons (Fsp3) is 0.364. The number of hydrogen-bond donors (Lipinski definition) is 1. The molecule has 0 bridgehead atoms. The van der Waals surface area contributed by atoms with Crippen LogP contribution in [-0.2, 0) is 9.84 Å². The number of nitrogens with zero attached hydrogens (tertiary/aromatic N) is 1. The molecule has 0 saturated heterocycles. The number of carbonyl (C=O) groups is 1. The van der Waals surface area contributed by atoms with Crippen LogP contribution < -0.4 is 15.2 Å². The van der Waals surface area contributed by atoms with Gasteiger partial charge in [-0.25, -0.2) is 13.2 Å². The first-order valence-corrected chi connectivity index (χ1v) is 12.0. The topological polar surface area (TPSA) is 107 Å². The third kappa shape index (κ3) is 4.82. The molecule has 166 valence electrons.